The number of rotatable bonds is 5. The van der Waals surface area contributed by atoms with Crippen LogP contribution in [-0.2, 0) is 18.4 Å². The minimum absolute atomic E-state index is 0.111. The third-order valence-corrected chi connectivity index (χ3v) is 3.93. The van der Waals surface area contributed by atoms with Crippen molar-refractivity contribution in [2.45, 2.75) is 39.2 Å². The van der Waals surface area contributed by atoms with Gasteiger partial charge in [-0.15, -0.1) is 0 Å². The largest absolute Gasteiger partial charge is 0.369 e. The molecule has 0 fully saturated rings. The van der Waals surface area contributed by atoms with Gasteiger partial charge in [0, 0.05) is 24.9 Å². The van der Waals surface area contributed by atoms with E-state index in [0.717, 1.165) is 11.3 Å². The normalized spacial score (nSPS) is 11.8. The third-order valence-electron chi connectivity index (χ3n) is 3.93. The molecule has 5 nitrogen and oxygen atoms in total. The molecule has 25 heavy (non-hydrogen) atoms. The van der Waals surface area contributed by atoms with E-state index in [4.69, 9.17) is 5.73 Å². The molecule has 2 aromatic rings. The van der Waals surface area contributed by atoms with Crippen molar-refractivity contribution in [3.8, 4) is 6.19 Å². The van der Waals surface area contributed by atoms with Crippen molar-refractivity contribution < 1.29 is 0 Å². The highest BCUT2D eigenvalue weighted by Crippen LogP contribution is 2.22. The maximum atomic E-state index is 9.36. The molecule has 0 atom stereocenters. The summed E-state index contributed by atoms with van der Waals surface area (Å²) in [6.07, 6.45) is 4.56. The molecule has 0 bridgehead atoms. The molecule has 0 spiro atoms. The highest BCUT2D eigenvalue weighted by Gasteiger charge is 2.14. The first-order chi connectivity index (χ1) is 11.9. The minimum Gasteiger partial charge on any atom is -0.369 e. The van der Waals surface area contributed by atoms with Crippen LogP contribution < -0.4 is 5.73 Å². The lowest BCUT2D eigenvalue weighted by atomic mass is 9.87. The van der Waals surface area contributed by atoms with Crippen molar-refractivity contribution in [1.82, 2.24) is 9.88 Å². The number of nitrogens with zero attached hydrogens (tertiary/aromatic N) is 4. The van der Waals surface area contributed by atoms with Gasteiger partial charge in [0.25, 0.3) is 0 Å². The van der Waals surface area contributed by atoms with Gasteiger partial charge in [-0.1, -0.05) is 51.1 Å². The first-order valence-corrected chi connectivity index (χ1v) is 8.36. The molecule has 0 aliphatic carbocycles. The van der Waals surface area contributed by atoms with Crippen LogP contribution in [-0.4, -0.2) is 22.4 Å². The van der Waals surface area contributed by atoms with Crippen LogP contribution in [0.15, 0.2) is 53.7 Å². The van der Waals surface area contributed by atoms with Crippen LogP contribution in [0.25, 0.3) is 0 Å². The van der Waals surface area contributed by atoms with E-state index in [9.17, 15) is 5.26 Å². The lowest BCUT2D eigenvalue weighted by Crippen LogP contribution is -2.33. The van der Waals surface area contributed by atoms with E-state index in [-0.39, 0.29) is 11.4 Å². The van der Waals surface area contributed by atoms with Gasteiger partial charge in [0.2, 0.25) is 5.96 Å². The Bertz CT molecular complexity index is 736. The average molecular weight is 335 g/mol. The summed E-state index contributed by atoms with van der Waals surface area (Å²) in [6.45, 7) is 7.45. The molecule has 0 unspecified atom stereocenters. The summed E-state index contributed by atoms with van der Waals surface area (Å²) in [5.41, 5.74) is 9.33. The number of nitriles is 1. The molecule has 0 amide bonds. The van der Waals surface area contributed by atoms with E-state index in [0.29, 0.717) is 19.5 Å². The number of pyridine rings is 1. The third kappa shape index (κ3) is 5.61. The van der Waals surface area contributed by atoms with Gasteiger partial charge in [0.1, 0.15) is 0 Å². The van der Waals surface area contributed by atoms with Crippen LogP contribution >= 0.6 is 0 Å². The SMILES string of the molecule is CC(C)(C)c1ccc(CN(C#N)C(N)=NCCc2ccccn2)cc1. The highest BCUT2D eigenvalue weighted by atomic mass is 15.2. The molecule has 0 aliphatic heterocycles. The molecule has 0 aliphatic rings. The molecule has 1 aromatic carbocycles. The Morgan fingerprint density at radius 2 is 1.92 bits per heavy atom. The molecule has 1 heterocycles. The van der Waals surface area contributed by atoms with Crippen molar-refractivity contribution in [2.24, 2.45) is 10.7 Å². The Hall–Kier alpha value is -2.87. The fraction of sp³-hybridized carbons (Fsp3) is 0.350. The molecule has 2 N–H and O–H groups in total. The van der Waals surface area contributed by atoms with E-state index in [2.05, 4.69) is 49.1 Å². The fourth-order valence-corrected chi connectivity index (χ4v) is 2.38. The monoisotopic (exact) mass is 335 g/mol. The van der Waals surface area contributed by atoms with Crippen molar-refractivity contribution in [2.75, 3.05) is 6.54 Å². The fourth-order valence-electron chi connectivity index (χ4n) is 2.38. The van der Waals surface area contributed by atoms with Gasteiger partial charge >= 0.3 is 0 Å². The average Bonchev–Trinajstić information content (AvgIpc) is 2.60. The predicted molar refractivity (Wildman–Crippen MR) is 101 cm³/mol. The zero-order valence-electron chi connectivity index (χ0n) is 15.1. The summed E-state index contributed by atoms with van der Waals surface area (Å²) >= 11 is 0. The van der Waals surface area contributed by atoms with E-state index in [1.807, 2.05) is 30.3 Å². The van der Waals surface area contributed by atoms with Crippen molar-refractivity contribution >= 4 is 5.96 Å². The number of aliphatic imine (C=N–C) groups is 1. The molecule has 0 saturated carbocycles. The first-order valence-electron chi connectivity index (χ1n) is 8.36. The maximum absolute atomic E-state index is 9.36. The van der Waals surface area contributed by atoms with Crippen LogP contribution in [0, 0.1) is 11.5 Å². The van der Waals surface area contributed by atoms with E-state index < -0.39 is 0 Å². The number of guanidine groups is 1. The van der Waals surface area contributed by atoms with Gasteiger partial charge in [-0.25, -0.2) is 4.90 Å². The zero-order chi connectivity index (χ0) is 18.3. The van der Waals surface area contributed by atoms with Crippen LogP contribution in [0.2, 0.25) is 0 Å². The van der Waals surface area contributed by atoms with Gasteiger partial charge in [0.15, 0.2) is 6.19 Å². The Labute approximate surface area is 149 Å². The number of hydrogen-bond acceptors (Lipinski definition) is 3. The van der Waals surface area contributed by atoms with E-state index >= 15 is 0 Å². The molecule has 5 heteroatoms. The van der Waals surface area contributed by atoms with Crippen LogP contribution in [0.1, 0.15) is 37.6 Å². The summed E-state index contributed by atoms with van der Waals surface area (Å²) in [5, 5.41) is 9.36. The van der Waals surface area contributed by atoms with Gasteiger partial charge in [-0.2, -0.15) is 5.26 Å². The van der Waals surface area contributed by atoms with Gasteiger partial charge in [0.05, 0.1) is 6.54 Å². The molecule has 2 rings (SSSR count). The summed E-state index contributed by atoms with van der Waals surface area (Å²) in [7, 11) is 0. The van der Waals surface area contributed by atoms with Crippen LogP contribution in [0.4, 0.5) is 0 Å². The van der Waals surface area contributed by atoms with Gasteiger partial charge < -0.3 is 5.73 Å². The summed E-state index contributed by atoms with van der Waals surface area (Å²) in [4.78, 5) is 9.96. The Kier molecular flexibility index (Phi) is 6.13. The smallest absolute Gasteiger partial charge is 0.205 e. The van der Waals surface area contributed by atoms with Crippen molar-refractivity contribution in [1.29, 1.82) is 5.26 Å². The number of hydrogen-bond donors (Lipinski definition) is 1. The number of benzene rings is 1. The first kappa shape index (κ1) is 18.5. The van der Waals surface area contributed by atoms with E-state index in [1.165, 1.54) is 10.5 Å². The van der Waals surface area contributed by atoms with Crippen molar-refractivity contribution in [3.05, 3.63) is 65.5 Å². The second-order valence-electron chi connectivity index (χ2n) is 6.94. The standard InChI is InChI=1S/C20H25N5/c1-20(2,3)17-9-7-16(8-10-17)14-25(15-21)19(22)24-13-11-18-6-4-5-12-23-18/h4-10,12H,11,13-14H2,1-3H3,(H2,22,24). The quantitative estimate of drug-likeness (QED) is 0.394. The molecule has 0 saturated heterocycles. The molecular weight excluding hydrogens is 310 g/mol. The lowest BCUT2D eigenvalue weighted by Gasteiger charge is -2.20. The Balaban J connectivity index is 1.96. The summed E-state index contributed by atoms with van der Waals surface area (Å²) in [6, 6.07) is 14.0. The number of nitrogens with two attached hydrogens (primary N) is 1. The zero-order valence-corrected chi connectivity index (χ0v) is 15.1. The molecule has 1 aromatic heterocycles. The van der Waals surface area contributed by atoms with Crippen LogP contribution in [0.3, 0.4) is 0 Å². The molecular formula is C20H25N5. The second-order valence-corrected chi connectivity index (χ2v) is 6.94. The minimum atomic E-state index is 0.111. The topological polar surface area (TPSA) is 78.3 Å². The Morgan fingerprint density at radius 1 is 1.20 bits per heavy atom. The summed E-state index contributed by atoms with van der Waals surface area (Å²) in [5.74, 6) is 0.235. The second kappa shape index (κ2) is 8.29. The molecule has 0 radical (unpaired) electrons. The van der Waals surface area contributed by atoms with Crippen molar-refractivity contribution in [3.63, 3.8) is 0 Å². The van der Waals surface area contributed by atoms with Crippen LogP contribution in [0.5, 0.6) is 0 Å². The predicted octanol–water partition coefficient (Wildman–Crippen LogP) is 3.22. The highest BCUT2D eigenvalue weighted by molar-refractivity contribution is 5.79. The maximum Gasteiger partial charge on any atom is 0.205 e. The van der Waals surface area contributed by atoms with Gasteiger partial charge in [-0.05, 0) is 28.7 Å². The molecule has 130 valence electrons. The lowest BCUT2D eigenvalue weighted by molar-refractivity contribution is 0.558. The Morgan fingerprint density at radius 3 is 2.48 bits per heavy atom. The summed E-state index contributed by atoms with van der Waals surface area (Å²) < 4.78 is 0. The van der Waals surface area contributed by atoms with E-state index in [1.54, 1.807) is 6.20 Å². The van der Waals surface area contributed by atoms with Gasteiger partial charge in [-0.3, -0.25) is 9.98 Å². The number of aromatic nitrogens is 1.